The average Bonchev–Trinajstić information content (AvgIpc) is 2.90. The molecule has 1 saturated heterocycles. The molecular formula is C25H22N2O8S. The van der Waals surface area contributed by atoms with Crippen molar-refractivity contribution in [3.63, 3.8) is 0 Å². The van der Waals surface area contributed by atoms with E-state index in [1.165, 1.54) is 7.11 Å². The van der Waals surface area contributed by atoms with Gasteiger partial charge in [0.2, 0.25) is 6.10 Å². The fourth-order valence-electron chi connectivity index (χ4n) is 4.20. The van der Waals surface area contributed by atoms with Crippen LogP contribution in [0.3, 0.4) is 0 Å². The van der Waals surface area contributed by atoms with Crippen LogP contribution in [-0.4, -0.2) is 64.0 Å². The average molecular weight is 511 g/mol. The van der Waals surface area contributed by atoms with Crippen molar-refractivity contribution in [2.24, 2.45) is 0 Å². The highest BCUT2D eigenvalue weighted by molar-refractivity contribution is 8.00. The molecule has 2 heterocycles. The number of carboxylic acid groups (broad SMARTS) is 1. The minimum Gasteiger partial charge on any atom is -0.477 e. The molecule has 0 aliphatic carbocycles. The number of ether oxygens (including phenoxy) is 2. The van der Waals surface area contributed by atoms with Gasteiger partial charge in [0, 0.05) is 30.4 Å². The molecule has 2 aliphatic rings. The Morgan fingerprint density at radius 2 is 1.81 bits per heavy atom. The maximum atomic E-state index is 13.3. The molecule has 0 radical (unpaired) electrons. The minimum absolute atomic E-state index is 0.00318. The molecule has 2 aliphatic heterocycles. The monoisotopic (exact) mass is 510 g/mol. The van der Waals surface area contributed by atoms with Crippen molar-refractivity contribution in [3.05, 3.63) is 83.1 Å². The van der Waals surface area contributed by atoms with Gasteiger partial charge in [-0.1, -0.05) is 60.7 Å². The number of methoxy groups -OCH3 is 1. The van der Waals surface area contributed by atoms with Gasteiger partial charge in [-0.25, -0.2) is 4.79 Å². The van der Waals surface area contributed by atoms with Gasteiger partial charge in [-0.3, -0.25) is 24.1 Å². The van der Waals surface area contributed by atoms with E-state index in [0.717, 1.165) is 16.7 Å². The third-order valence-corrected chi connectivity index (χ3v) is 7.25. The lowest BCUT2D eigenvalue weighted by Crippen LogP contribution is -2.81. The van der Waals surface area contributed by atoms with Crippen LogP contribution in [0.15, 0.2) is 71.9 Å². The van der Waals surface area contributed by atoms with Gasteiger partial charge < -0.3 is 19.9 Å². The Labute approximate surface area is 210 Å². The molecule has 0 bridgehead atoms. The van der Waals surface area contributed by atoms with Crippen LogP contribution < -0.4 is 5.32 Å². The molecule has 2 unspecified atom stereocenters. The van der Waals surface area contributed by atoms with Crippen LogP contribution in [0.5, 0.6) is 0 Å². The number of Topliss-reactive ketones (excluding diaryl/α,β-unsaturated/α-hetero) is 1. The van der Waals surface area contributed by atoms with Crippen molar-refractivity contribution in [2.75, 3.05) is 12.9 Å². The molecule has 0 saturated carbocycles. The maximum Gasteiger partial charge on any atom is 0.353 e. The van der Waals surface area contributed by atoms with Gasteiger partial charge in [0.1, 0.15) is 11.1 Å². The summed E-state index contributed by atoms with van der Waals surface area (Å²) >= 11 is 1.09. The summed E-state index contributed by atoms with van der Waals surface area (Å²) in [6, 6.07) is 17.0. The molecular weight excluding hydrogens is 488 g/mol. The largest absolute Gasteiger partial charge is 0.477 e. The second-order valence-corrected chi connectivity index (χ2v) is 9.08. The number of nitrogens with zero attached hydrogens (tertiary/aromatic N) is 1. The molecule has 186 valence electrons. The quantitative estimate of drug-likeness (QED) is 0.276. The van der Waals surface area contributed by atoms with Crippen LogP contribution in [0, 0.1) is 0 Å². The summed E-state index contributed by atoms with van der Waals surface area (Å²) in [5, 5.41) is 11.4. The van der Waals surface area contributed by atoms with Gasteiger partial charge in [-0.2, -0.15) is 0 Å². The van der Waals surface area contributed by atoms with E-state index in [1.807, 2.05) is 0 Å². The molecule has 36 heavy (non-hydrogen) atoms. The number of hydrogen-bond acceptors (Lipinski definition) is 8. The van der Waals surface area contributed by atoms with E-state index in [2.05, 4.69) is 5.32 Å². The number of amides is 2. The van der Waals surface area contributed by atoms with E-state index in [9.17, 15) is 29.1 Å². The van der Waals surface area contributed by atoms with Crippen LogP contribution in [-0.2, 0) is 39.9 Å². The van der Waals surface area contributed by atoms with Gasteiger partial charge in [0.05, 0.1) is 0 Å². The van der Waals surface area contributed by atoms with E-state index < -0.39 is 46.5 Å². The Balaban J connectivity index is 1.61. The highest BCUT2D eigenvalue weighted by Crippen LogP contribution is 2.47. The molecule has 11 heteroatoms. The fraction of sp³-hybridized carbons (Fsp3) is 0.240. The first kappa shape index (κ1) is 25.1. The third kappa shape index (κ3) is 4.38. The smallest absolute Gasteiger partial charge is 0.353 e. The standard InChI is InChI=1S/C25H22N2O8S/c1-34-25(26-21(30)20(35-14-28)16-10-6-3-7-11-16)23(33)27-19(22(31)32)17(13-36-24(25)27)18(29)12-15-8-4-2-5-9-15/h2-11,14,20,24H,12-13H2,1H3,(H,26,30)(H,31,32)/t20?,24-,25?/m0/s1. The van der Waals surface area contributed by atoms with Gasteiger partial charge in [0.25, 0.3) is 24.0 Å². The molecule has 3 atom stereocenters. The van der Waals surface area contributed by atoms with Gasteiger partial charge in [-0.05, 0) is 5.56 Å². The molecule has 0 aromatic heterocycles. The number of aliphatic carboxylic acids is 1. The lowest BCUT2D eigenvalue weighted by molar-refractivity contribution is -0.194. The summed E-state index contributed by atoms with van der Waals surface area (Å²) in [6.07, 6.45) is -1.38. The molecule has 2 amide bonds. The number of fused-ring (bicyclic) bond motifs is 1. The SMILES string of the molecule is COC1(NC(=O)C(OC=O)c2ccccc2)C(=O)N2C(C(=O)O)=C(C(=O)Cc3ccccc3)CS[C@H]21. The zero-order valence-electron chi connectivity index (χ0n) is 19.1. The minimum atomic E-state index is -1.91. The maximum absolute atomic E-state index is 13.3. The number of hydrogen-bond donors (Lipinski definition) is 2. The number of carbonyl (C=O) groups is 5. The van der Waals surface area contributed by atoms with Crippen LogP contribution in [0.1, 0.15) is 17.2 Å². The topological polar surface area (TPSA) is 139 Å². The van der Waals surface area contributed by atoms with E-state index in [-0.39, 0.29) is 24.2 Å². The van der Waals surface area contributed by atoms with Crippen LogP contribution in [0.2, 0.25) is 0 Å². The number of thioether (sulfide) groups is 1. The zero-order chi connectivity index (χ0) is 25.9. The molecule has 2 aromatic carbocycles. The highest BCUT2D eigenvalue weighted by atomic mass is 32.2. The molecule has 2 aromatic rings. The molecule has 10 nitrogen and oxygen atoms in total. The Morgan fingerprint density at radius 3 is 2.39 bits per heavy atom. The predicted octanol–water partition coefficient (Wildman–Crippen LogP) is 1.43. The van der Waals surface area contributed by atoms with Gasteiger partial charge in [0.15, 0.2) is 5.78 Å². The van der Waals surface area contributed by atoms with E-state index in [1.54, 1.807) is 60.7 Å². The molecule has 4 rings (SSSR count). The van der Waals surface area contributed by atoms with Crippen molar-refractivity contribution < 1.29 is 38.6 Å². The Hall–Kier alpha value is -3.96. The second kappa shape index (κ2) is 10.3. The number of rotatable bonds is 10. The number of β-lactam (4-membered cyclic amide) rings is 1. The normalized spacial score (nSPS) is 21.6. The van der Waals surface area contributed by atoms with E-state index in [4.69, 9.17) is 9.47 Å². The van der Waals surface area contributed by atoms with Crippen molar-refractivity contribution in [1.82, 2.24) is 10.2 Å². The number of benzene rings is 2. The number of carbonyl (C=O) groups excluding carboxylic acids is 4. The lowest BCUT2D eigenvalue weighted by Gasteiger charge is -2.55. The van der Waals surface area contributed by atoms with Crippen molar-refractivity contribution in [2.45, 2.75) is 23.6 Å². The van der Waals surface area contributed by atoms with Gasteiger partial charge >= 0.3 is 5.97 Å². The van der Waals surface area contributed by atoms with Crippen LogP contribution in [0.4, 0.5) is 0 Å². The summed E-state index contributed by atoms with van der Waals surface area (Å²) in [4.78, 5) is 63.5. The van der Waals surface area contributed by atoms with E-state index in [0.29, 0.717) is 11.1 Å². The molecule has 1 fully saturated rings. The summed E-state index contributed by atoms with van der Waals surface area (Å²) in [6.45, 7) is 0.122. The van der Waals surface area contributed by atoms with Crippen molar-refractivity contribution in [3.8, 4) is 0 Å². The summed E-state index contributed by atoms with van der Waals surface area (Å²) in [7, 11) is 1.20. The fourth-order valence-corrected chi connectivity index (χ4v) is 5.67. The van der Waals surface area contributed by atoms with Gasteiger partial charge in [-0.15, -0.1) is 11.8 Å². The summed E-state index contributed by atoms with van der Waals surface area (Å²) < 4.78 is 10.4. The van der Waals surface area contributed by atoms with Crippen molar-refractivity contribution in [1.29, 1.82) is 0 Å². The molecule has 2 N–H and O–H groups in total. The predicted molar refractivity (Wildman–Crippen MR) is 127 cm³/mol. The number of nitrogens with one attached hydrogen (secondary N) is 1. The summed E-state index contributed by atoms with van der Waals surface area (Å²) in [5.74, 6) is -3.53. The first-order valence-corrected chi connectivity index (χ1v) is 11.9. The van der Waals surface area contributed by atoms with Crippen LogP contribution >= 0.6 is 11.8 Å². The molecule has 0 spiro atoms. The van der Waals surface area contributed by atoms with E-state index >= 15 is 0 Å². The number of ketones is 1. The summed E-state index contributed by atoms with van der Waals surface area (Å²) in [5.41, 5.74) is -1.26. The number of carboxylic acids is 1. The van der Waals surface area contributed by atoms with Crippen molar-refractivity contribution >= 4 is 41.8 Å². The zero-order valence-corrected chi connectivity index (χ0v) is 19.9. The second-order valence-electron chi connectivity index (χ2n) is 8.01. The first-order valence-electron chi connectivity index (χ1n) is 10.8. The Morgan fingerprint density at radius 1 is 1.17 bits per heavy atom. The third-order valence-electron chi connectivity index (χ3n) is 5.94. The first-order chi connectivity index (χ1) is 17.3. The van der Waals surface area contributed by atoms with Crippen LogP contribution in [0.25, 0.3) is 0 Å². The lowest BCUT2D eigenvalue weighted by atomic mass is 9.95. The Bertz CT molecular complexity index is 1230. The highest BCUT2D eigenvalue weighted by Gasteiger charge is 2.67. The Kier molecular flexibility index (Phi) is 7.22.